The molecule has 0 saturated carbocycles. The average Bonchev–Trinajstić information content (AvgIpc) is 2.84. The first-order chi connectivity index (χ1) is 7.72. The monoisotopic (exact) mass is 219 g/mol. The van der Waals surface area contributed by atoms with Crippen LogP contribution in [0.15, 0.2) is 24.5 Å². The van der Waals surface area contributed by atoms with Crippen molar-refractivity contribution in [2.24, 2.45) is 14.1 Å². The van der Waals surface area contributed by atoms with Gasteiger partial charge in [-0.3, -0.25) is 9.36 Å². The predicted molar refractivity (Wildman–Crippen MR) is 61.9 cm³/mol. The van der Waals surface area contributed by atoms with Crippen molar-refractivity contribution in [3.05, 3.63) is 35.9 Å². The molecule has 0 radical (unpaired) electrons. The average molecular weight is 219 g/mol. The van der Waals surface area contributed by atoms with Crippen LogP contribution in [0.5, 0.6) is 0 Å². The lowest BCUT2D eigenvalue weighted by molar-refractivity contribution is 0.553. The Balaban J connectivity index is 2.34. The van der Waals surface area contributed by atoms with Gasteiger partial charge in [0, 0.05) is 26.5 Å². The molecule has 0 aliphatic rings. The summed E-state index contributed by atoms with van der Waals surface area (Å²) in [7, 11) is 3.87. The van der Waals surface area contributed by atoms with Gasteiger partial charge in [0.25, 0.3) is 0 Å². The molecule has 5 nitrogen and oxygen atoms in total. The first-order valence-electron chi connectivity index (χ1n) is 5.43. The molecule has 16 heavy (non-hydrogen) atoms. The molecule has 0 fully saturated rings. The summed E-state index contributed by atoms with van der Waals surface area (Å²) in [6.45, 7) is 2.98. The van der Waals surface area contributed by atoms with Crippen LogP contribution >= 0.6 is 0 Å². The minimum absolute atomic E-state index is 0.110. The Hall–Kier alpha value is -1.62. The van der Waals surface area contributed by atoms with E-state index in [9.17, 15) is 0 Å². The number of nitrogens with zero attached hydrogens (tertiary/aromatic N) is 4. The number of nitrogens with one attached hydrogen (secondary N) is 1. The molecule has 0 spiro atoms. The Morgan fingerprint density at radius 3 is 2.69 bits per heavy atom. The van der Waals surface area contributed by atoms with Crippen LogP contribution in [0.4, 0.5) is 0 Å². The van der Waals surface area contributed by atoms with E-state index in [4.69, 9.17) is 0 Å². The van der Waals surface area contributed by atoms with Crippen molar-refractivity contribution in [3.63, 3.8) is 0 Å². The highest BCUT2D eigenvalue weighted by molar-refractivity contribution is 5.20. The van der Waals surface area contributed by atoms with Crippen molar-refractivity contribution < 1.29 is 0 Å². The van der Waals surface area contributed by atoms with Crippen LogP contribution < -0.4 is 5.32 Å². The molecule has 2 aromatic heterocycles. The zero-order valence-corrected chi connectivity index (χ0v) is 9.88. The van der Waals surface area contributed by atoms with Crippen LogP contribution in [0.1, 0.15) is 24.4 Å². The summed E-state index contributed by atoms with van der Waals surface area (Å²) in [4.78, 5) is 0. The van der Waals surface area contributed by atoms with Gasteiger partial charge in [0.05, 0.1) is 17.4 Å². The normalized spacial score (nSPS) is 12.9. The molecule has 1 N–H and O–H groups in total. The predicted octanol–water partition coefficient (Wildman–Crippen LogP) is 0.852. The Kier molecular flexibility index (Phi) is 3.05. The molecule has 5 heteroatoms. The Morgan fingerprint density at radius 2 is 2.19 bits per heavy atom. The number of aryl methyl sites for hydroxylation is 2. The van der Waals surface area contributed by atoms with E-state index < -0.39 is 0 Å². The summed E-state index contributed by atoms with van der Waals surface area (Å²) in [5.41, 5.74) is 2.15. The van der Waals surface area contributed by atoms with Gasteiger partial charge >= 0.3 is 0 Å². The maximum Gasteiger partial charge on any atom is 0.0940 e. The van der Waals surface area contributed by atoms with Gasteiger partial charge in [0.15, 0.2) is 0 Å². The van der Waals surface area contributed by atoms with Gasteiger partial charge in [-0.2, -0.15) is 10.2 Å². The first-order valence-corrected chi connectivity index (χ1v) is 5.43. The van der Waals surface area contributed by atoms with E-state index >= 15 is 0 Å². The van der Waals surface area contributed by atoms with Crippen molar-refractivity contribution in [1.82, 2.24) is 24.9 Å². The van der Waals surface area contributed by atoms with Crippen LogP contribution in [0.3, 0.4) is 0 Å². The molecule has 0 bridgehead atoms. The largest absolute Gasteiger partial charge is 0.304 e. The summed E-state index contributed by atoms with van der Waals surface area (Å²) in [5.74, 6) is 0. The van der Waals surface area contributed by atoms with E-state index in [1.165, 1.54) is 0 Å². The van der Waals surface area contributed by atoms with Crippen LogP contribution in [0.25, 0.3) is 0 Å². The van der Waals surface area contributed by atoms with Gasteiger partial charge in [-0.05, 0) is 18.7 Å². The second-order valence-electron chi connectivity index (χ2n) is 3.78. The SMILES string of the molecule is CCNC(c1ccn(C)n1)c1ccnn1C. The minimum atomic E-state index is 0.110. The molecule has 86 valence electrons. The maximum atomic E-state index is 4.44. The van der Waals surface area contributed by atoms with Crippen molar-refractivity contribution >= 4 is 0 Å². The molecule has 1 atom stereocenters. The topological polar surface area (TPSA) is 47.7 Å². The molecule has 2 aromatic rings. The number of aromatic nitrogens is 4. The summed E-state index contributed by atoms with van der Waals surface area (Å²) in [5, 5.41) is 12.1. The van der Waals surface area contributed by atoms with E-state index in [1.807, 2.05) is 48.0 Å². The molecule has 0 saturated heterocycles. The fraction of sp³-hybridized carbons (Fsp3) is 0.455. The third-order valence-corrected chi connectivity index (χ3v) is 2.59. The molecule has 1 unspecified atom stereocenters. The summed E-state index contributed by atoms with van der Waals surface area (Å²) < 4.78 is 3.69. The van der Waals surface area contributed by atoms with Gasteiger partial charge in [-0.1, -0.05) is 6.92 Å². The molecule has 2 heterocycles. The van der Waals surface area contributed by atoms with Crippen LogP contribution in [0, 0.1) is 0 Å². The lowest BCUT2D eigenvalue weighted by atomic mass is 10.1. The Labute approximate surface area is 95.1 Å². The molecule has 2 rings (SSSR count). The van der Waals surface area contributed by atoms with E-state index in [1.54, 1.807) is 0 Å². The smallest absolute Gasteiger partial charge is 0.0940 e. The molecule has 0 aromatic carbocycles. The zero-order chi connectivity index (χ0) is 11.5. The second kappa shape index (κ2) is 4.49. The minimum Gasteiger partial charge on any atom is -0.304 e. The van der Waals surface area contributed by atoms with Gasteiger partial charge in [0.1, 0.15) is 0 Å². The molecular weight excluding hydrogens is 202 g/mol. The lowest BCUT2D eigenvalue weighted by Gasteiger charge is -2.15. The third-order valence-electron chi connectivity index (χ3n) is 2.59. The second-order valence-corrected chi connectivity index (χ2v) is 3.78. The van der Waals surface area contributed by atoms with Crippen molar-refractivity contribution in [1.29, 1.82) is 0 Å². The van der Waals surface area contributed by atoms with Gasteiger partial charge < -0.3 is 5.32 Å². The quantitative estimate of drug-likeness (QED) is 0.829. The van der Waals surface area contributed by atoms with Gasteiger partial charge in [0.2, 0.25) is 0 Å². The number of hydrogen-bond donors (Lipinski definition) is 1. The van der Waals surface area contributed by atoms with Crippen molar-refractivity contribution in [2.45, 2.75) is 13.0 Å². The zero-order valence-electron chi connectivity index (χ0n) is 9.88. The van der Waals surface area contributed by atoms with Gasteiger partial charge in [-0.15, -0.1) is 0 Å². The lowest BCUT2D eigenvalue weighted by Crippen LogP contribution is -2.24. The summed E-state index contributed by atoms with van der Waals surface area (Å²) in [6.07, 6.45) is 3.76. The Bertz CT molecular complexity index is 456. The first kappa shape index (κ1) is 10.9. The Morgan fingerprint density at radius 1 is 1.38 bits per heavy atom. The highest BCUT2D eigenvalue weighted by atomic mass is 15.3. The highest BCUT2D eigenvalue weighted by Crippen LogP contribution is 2.19. The van der Waals surface area contributed by atoms with Crippen LogP contribution in [-0.4, -0.2) is 26.1 Å². The highest BCUT2D eigenvalue weighted by Gasteiger charge is 2.18. The molecule has 0 aliphatic heterocycles. The third kappa shape index (κ3) is 1.99. The molecule has 0 aliphatic carbocycles. The fourth-order valence-electron chi connectivity index (χ4n) is 1.82. The standard InChI is InChI=1S/C11H17N5/c1-4-12-11(9-6-8-15(2)14-9)10-5-7-13-16(10)3/h5-8,11-12H,4H2,1-3H3. The van der Waals surface area contributed by atoms with Crippen molar-refractivity contribution in [2.75, 3.05) is 6.54 Å². The van der Waals surface area contributed by atoms with E-state index in [-0.39, 0.29) is 6.04 Å². The maximum absolute atomic E-state index is 4.44. The molecular formula is C11H17N5. The van der Waals surface area contributed by atoms with E-state index in [0.29, 0.717) is 0 Å². The molecule has 0 amide bonds. The van der Waals surface area contributed by atoms with E-state index in [0.717, 1.165) is 17.9 Å². The fourth-order valence-corrected chi connectivity index (χ4v) is 1.82. The van der Waals surface area contributed by atoms with Crippen LogP contribution in [0.2, 0.25) is 0 Å². The van der Waals surface area contributed by atoms with Crippen molar-refractivity contribution in [3.8, 4) is 0 Å². The number of hydrogen-bond acceptors (Lipinski definition) is 3. The summed E-state index contributed by atoms with van der Waals surface area (Å²) in [6, 6.07) is 4.15. The van der Waals surface area contributed by atoms with Crippen LogP contribution in [-0.2, 0) is 14.1 Å². The van der Waals surface area contributed by atoms with Gasteiger partial charge in [-0.25, -0.2) is 0 Å². The van der Waals surface area contributed by atoms with E-state index in [2.05, 4.69) is 22.4 Å². The number of rotatable bonds is 4. The summed E-state index contributed by atoms with van der Waals surface area (Å²) >= 11 is 0.